The molecule has 1 saturated carbocycles. The van der Waals surface area contributed by atoms with Crippen LogP contribution in [0.25, 0.3) is 10.7 Å². The lowest BCUT2D eigenvalue weighted by atomic mass is 10.1. The molecule has 1 fully saturated rings. The van der Waals surface area contributed by atoms with Gasteiger partial charge in [0.2, 0.25) is 5.91 Å². The molecule has 2 heterocycles. The maximum absolute atomic E-state index is 13.2. The fourth-order valence-electron chi connectivity index (χ4n) is 3.33. The van der Waals surface area contributed by atoms with Gasteiger partial charge in [0, 0.05) is 18.2 Å². The van der Waals surface area contributed by atoms with E-state index in [0.717, 1.165) is 23.3 Å². The van der Waals surface area contributed by atoms with Crippen LogP contribution < -0.4 is 5.32 Å². The van der Waals surface area contributed by atoms with E-state index >= 15 is 0 Å². The van der Waals surface area contributed by atoms with Gasteiger partial charge in [0.05, 0.1) is 4.88 Å². The highest BCUT2D eigenvalue weighted by Crippen LogP contribution is 2.29. The summed E-state index contributed by atoms with van der Waals surface area (Å²) in [5.74, 6) is -0.308. The van der Waals surface area contributed by atoms with Crippen molar-refractivity contribution in [2.24, 2.45) is 0 Å². The molecule has 1 aliphatic carbocycles. The van der Waals surface area contributed by atoms with Crippen LogP contribution in [0.15, 0.2) is 41.8 Å². The number of nitrogens with one attached hydrogen (secondary N) is 2. The molecule has 2 amide bonds. The smallest absolute Gasteiger partial charge is 0.343 e. The molecule has 0 bridgehead atoms. The first-order chi connectivity index (χ1) is 15.7. The second kappa shape index (κ2) is 9.48. The van der Waals surface area contributed by atoms with Crippen molar-refractivity contribution in [2.45, 2.75) is 38.1 Å². The molecule has 33 heavy (non-hydrogen) atoms. The van der Waals surface area contributed by atoms with Gasteiger partial charge in [-0.05, 0) is 54.2 Å². The van der Waals surface area contributed by atoms with Gasteiger partial charge < -0.3 is 10.2 Å². The maximum Gasteiger partial charge on any atom is 0.405 e. The quantitative estimate of drug-likeness (QED) is 0.460. The molecule has 0 radical (unpaired) electrons. The van der Waals surface area contributed by atoms with Crippen LogP contribution in [0.5, 0.6) is 0 Å². The number of amides is 2. The van der Waals surface area contributed by atoms with E-state index in [1.54, 1.807) is 21.6 Å². The zero-order chi connectivity index (χ0) is 23.6. The van der Waals surface area contributed by atoms with Crippen molar-refractivity contribution in [1.29, 1.82) is 0 Å². The molecule has 12 heteroatoms. The minimum absolute atomic E-state index is 0.0387. The number of thiophene rings is 1. The van der Waals surface area contributed by atoms with Gasteiger partial charge in [0.25, 0.3) is 5.91 Å². The molecule has 174 valence electrons. The number of alkyl halides is 3. The monoisotopic (exact) mass is 495 g/mol. The summed E-state index contributed by atoms with van der Waals surface area (Å²) in [5.41, 5.74) is 0.898. The van der Waals surface area contributed by atoms with Crippen LogP contribution in [-0.4, -0.2) is 50.2 Å². The molecule has 0 saturated heterocycles. The summed E-state index contributed by atoms with van der Waals surface area (Å²) in [7, 11) is 0. The number of nitrogens with zero attached hydrogens (tertiary/aromatic N) is 3. The van der Waals surface area contributed by atoms with Crippen molar-refractivity contribution in [3.05, 3.63) is 57.7 Å². The summed E-state index contributed by atoms with van der Waals surface area (Å²) in [6, 6.07) is 10.1. The molecule has 4 rings (SSSR count). The van der Waals surface area contributed by atoms with E-state index in [2.05, 4.69) is 10.2 Å². The van der Waals surface area contributed by atoms with Crippen molar-refractivity contribution in [1.82, 2.24) is 25.0 Å². The van der Waals surface area contributed by atoms with E-state index < -0.39 is 18.6 Å². The molecular formula is C21H20F3N5O2S2. The molecule has 3 aromatic rings. The second-order valence-corrected chi connectivity index (χ2v) is 9.00. The Hall–Kier alpha value is -2.99. The zero-order valence-corrected chi connectivity index (χ0v) is 18.9. The topological polar surface area (TPSA) is 83.0 Å². The molecule has 2 aromatic heterocycles. The van der Waals surface area contributed by atoms with Gasteiger partial charge in [-0.2, -0.15) is 18.3 Å². The SMILES string of the molecule is O=C(NCC(F)(F)F)c1ccc(CN(C(=O)Cn2c(-c3cccs3)n[nH]c2=S)C2CC2)cc1. The van der Waals surface area contributed by atoms with E-state index in [0.29, 0.717) is 17.1 Å². The molecule has 0 atom stereocenters. The highest BCUT2D eigenvalue weighted by molar-refractivity contribution is 7.71. The van der Waals surface area contributed by atoms with Crippen LogP contribution >= 0.6 is 23.6 Å². The average molecular weight is 496 g/mol. The van der Waals surface area contributed by atoms with Crippen molar-refractivity contribution in [3.8, 4) is 10.7 Å². The standard InChI is InChI=1S/C21H20F3N5O2S2/c22-21(23,24)12-25-19(31)14-5-3-13(4-6-14)10-28(15-7-8-15)17(30)11-29-18(26-27-20(29)32)16-2-1-9-33-16/h1-6,9,15H,7-8,10-12H2,(H,25,31)(H,27,32). The molecule has 1 aliphatic rings. The van der Waals surface area contributed by atoms with Gasteiger partial charge in [-0.3, -0.25) is 19.3 Å². The largest absolute Gasteiger partial charge is 0.405 e. The Morgan fingerprint density at radius 3 is 2.58 bits per heavy atom. The number of hydrogen-bond donors (Lipinski definition) is 2. The molecule has 7 nitrogen and oxygen atoms in total. The lowest BCUT2D eigenvalue weighted by molar-refractivity contribution is -0.133. The van der Waals surface area contributed by atoms with E-state index in [-0.39, 0.29) is 24.1 Å². The lowest BCUT2D eigenvalue weighted by Crippen LogP contribution is -2.35. The third kappa shape index (κ3) is 5.88. The van der Waals surface area contributed by atoms with Crippen molar-refractivity contribution >= 4 is 35.4 Å². The summed E-state index contributed by atoms with van der Waals surface area (Å²) in [5, 5.41) is 10.8. The predicted molar refractivity (Wildman–Crippen MR) is 119 cm³/mol. The Balaban J connectivity index is 1.44. The molecule has 1 aromatic carbocycles. The van der Waals surface area contributed by atoms with E-state index in [4.69, 9.17) is 12.2 Å². The number of aromatic amines is 1. The minimum atomic E-state index is -4.47. The van der Waals surface area contributed by atoms with Gasteiger partial charge in [-0.15, -0.1) is 11.3 Å². The lowest BCUT2D eigenvalue weighted by Gasteiger charge is -2.23. The maximum atomic E-state index is 13.2. The van der Waals surface area contributed by atoms with E-state index in [9.17, 15) is 22.8 Å². The fourth-order valence-corrected chi connectivity index (χ4v) is 4.25. The fraction of sp³-hybridized carbons (Fsp3) is 0.333. The van der Waals surface area contributed by atoms with Crippen LogP contribution in [-0.2, 0) is 17.9 Å². The Labute approximate surface area is 196 Å². The molecule has 2 N–H and O–H groups in total. The average Bonchev–Trinajstić information content (AvgIpc) is 3.35. The Kier molecular flexibility index (Phi) is 6.66. The van der Waals surface area contributed by atoms with Crippen molar-refractivity contribution < 1.29 is 22.8 Å². The van der Waals surface area contributed by atoms with Gasteiger partial charge in [0.15, 0.2) is 10.6 Å². The number of halogens is 3. The molecule has 0 spiro atoms. The summed E-state index contributed by atoms with van der Waals surface area (Å²) in [6.07, 6.45) is -2.67. The first-order valence-corrected chi connectivity index (χ1v) is 11.4. The number of carbonyl (C=O) groups excluding carboxylic acids is 2. The number of hydrogen-bond acceptors (Lipinski definition) is 5. The highest BCUT2D eigenvalue weighted by Gasteiger charge is 2.33. The normalized spacial score (nSPS) is 13.7. The number of benzene rings is 1. The van der Waals surface area contributed by atoms with Gasteiger partial charge in [-0.25, -0.2) is 0 Å². The Morgan fingerprint density at radius 2 is 1.97 bits per heavy atom. The van der Waals surface area contributed by atoms with Crippen LogP contribution in [0, 0.1) is 4.77 Å². The van der Waals surface area contributed by atoms with E-state index in [1.165, 1.54) is 23.5 Å². The van der Waals surface area contributed by atoms with Crippen LogP contribution in [0.4, 0.5) is 13.2 Å². The third-order valence-electron chi connectivity index (χ3n) is 5.12. The van der Waals surface area contributed by atoms with Gasteiger partial charge in [-0.1, -0.05) is 18.2 Å². The van der Waals surface area contributed by atoms with Gasteiger partial charge in [0.1, 0.15) is 13.1 Å². The number of rotatable bonds is 8. The second-order valence-electron chi connectivity index (χ2n) is 7.66. The van der Waals surface area contributed by atoms with Crippen molar-refractivity contribution in [2.75, 3.05) is 6.54 Å². The highest BCUT2D eigenvalue weighted by atomic mass is 32.1. The summed E-state index contributed by atoms with van der Waals surface area (Å²) >= 11 is 6.82. The van der Waals surface area contributed by atoms with E-state index in [1.807, 2.05) is 22.8 Å². The van der Waals surface area contributed by atoms with Crippen molar-refractivity contribution in [3.63, 3.8) is 0 Å². The number of carbonyl (C=O) groups is 2. The van der Waals surface area contributed by atoms with Crippen LogP contribution in [0.2, 0.25) is 0 Å². The summed E-state index contributed by atoms with van der Waals surface area (Å²) in [6.45, 7) is -1.02. The summed E-state index contributed by atoms with van der Waals surface area (Å²) in [4.78, 5) is 27.7. The Bertz CT molecular complexity index is 1180. The van der Waals surface area contributed by atoms with Gasteiger partial charge >= 0.3 is 6.18 Å². The van der Waals surface area contributed by atoms with Crippen LogP contribution in [0.3, 0.4) is 0 Å². The third-order valence-corrected chi connectivity index (χ3v) is 6.30. The zero-order valence-electron chi connectivity index (χ0n) is 17.3. The Morgan fingerprint density at radius 1 is 1.24 bits per heavy atom. The number of aromatic nitrogens is 3. The first kappa shape index (κ1) is 23.2. The van der Waals surface area contributed by atoms with Crippen LogP contribution in [0.1, 0.15) is 28.8 Å². The first-order valence-electron chi connectivity index (χ1n) is 10.1. The molecular weight excluding hydrogens is 475 g/mol. The summed E-state index contributed by atoms with van der Waals surface area (Å²) < 4.78 is 38.9. The predicted octanol–water partition coefficient (Wildman–Crippen LogP) is 4.15. The molecule has 0 aliphatic heterocycles. The number of H-pyrrole nitrogens is 1. The molecule has 0 unspecified atom stereocenters. The minimum Gasteiger partial charge on any atom is -0.343 e.